The third-order valence-electron chi connectivity index (χ3n) is 1.50. The van der Waals surface area contributed by atoms with E-state index in [-0.39, 0.29) is 12.3 Å². The lowest BCUT2D eigenvalue weighted by Crippen LogP contribution is -2.32. The molecule has 0 fully saturated rings. The number of sulfone groups is 1. The van der Waals surface area contributed by atoms with Gasteiger partial charge in [0, 0.05) is 12.3 Å². The van der Waals surface area contributed by atoms with Crippen molar-refractivity contribution in [3.05, 3.63) is 6.92 Å². The Morgan fingerprint density at radius 3 is 2.54 bits per heavy atom. The third-order valence-corrected chi connectivity index (χ3v) is 3.30. The molecule has 0 aromatic rings. The Balaban J connectivity index is 4.16. The summed E-state index contributed by atoms with van der Waals surface area (Å²) in [5.41, 5.74) is -1.61. The molecule has 0 saturated heterocycles. The highest BCUT2D eigenvalue weighted by Crippen LogP contribution is 2.03. The van der Waals surface area contributed by atoms with Crippen LogP contribution in [0.2, 0.25) is 0 Å². The van der Waals surface area contributed by atoms with Gasteiger partial charge in [0.2, 0.25) is 5.91 Å². The van der Waals surface area contributed by atoms with Crippen LogP contribution in [-0.2, 0) is 14.6 Å². The minimum absolute atomic E-state index is 0.175. The van der Waals surface area contributed by atoms with Crippen LogP contribution in [0.25, 0.3) is 0 Å². The zero-order valence-corrected chi connectivity index (χ0v) is 8.30. The standard InChI is InChI=1S/C7H14NO4S/c1-3-8-6(9)5-7(10)13(11,12)4-2/h7,10H,1,3-5H2,2H3,(H,8,9). The Kier molecular flexibility index (Phi) is 4.94. The van der Waals surface area contributed by atoms with Gasteiger partial charge in [0.1, 0.15) is 0 Å². The van der Waals surface area contributed by atoms with Gasteiger partial charge in [-0.2, -0.15) is 0 Å². The number of carbonyl (C=O) groups excluding carboxylic acids is 1. The zero-order valence-electron chi connectivity index (χ0n) is 7.49. The maximum Gasteiger partial charge on any atom is 0.223 e. The Labute approximate surface area is 78.1 Å². The molecule has 1 amide bonds. The summed E-state index contributed by atoms with van der Waals surface area (Å²) in [6.45, 7) is 4.95. The van der Waals surface area contributed by atoms with E-state index in [9.17, 15) is 13.2 Å². The molecule has 1 atom stereocenters. The van der Waals surface area contributed by atoms with Crippen molar-refractivity contribution in [2.75, 3.05) is 12.3 Å². The molecule has 0 aliphatic heterocycles. The summed E-state index contributed by atoms with van der Waals surface area (Å²) in [7, 11) is -3.54. The molecule has 0 heterocycles. The Morgan fingerprint density at radius 1 is 1.62 bits per heavy atom. The van der Waals surface area contributed by atoms with Gasteiger partial charge in [-0.15, -0.1) is 0 Å². The van der Waals surface area contributed by atoms with Gasteiger partial charge in [0.25, 0.3) is 0 Å². The first kappa shape index (κ1) is 12.4. The van der Waals surface area contributed by atoms with Crippen molar-refractivity contribution in [3.8, 4) is 0 Å². The molecule has 0 aliphatic carbocycles. The van der Waals surface area contributed by atoms with Crippen LogP contribution in [0.4, 0.5) is 0 Å². The fraction of sp³-hybridized carbons (Fsp3) is 0.714. The van der Waals surface area contributed by atoms with E-state index in [1.165, 1.54) is 6.92 Å². The van der Waals surface area contributed by atoms with E-state index in [0.29, 0.717) is 0 Å². The highest BCUT2D eigenvalue weighted by atomic mass is 32.2. The molecular weight excluding hydrogens is 194 g/mol. The molecule has 1 radical (unpaired) electrons. The summed E-state index contributed by atoms with van der Waals surface area (Å²) in [6, 6.07) is 0. The quantitative estimate of drug-likeness (QED) is 0.612. The van der Waals surface area contributed by atoms with Crippen LogP contribution in [-0.4, -0.2) is 37.2 Å². The maximum atomic E-state index is 11.0. The number of hydrogen-bond acceptors (Lipinski definition) is 4. The molecule has 77 valence electrons. The first-order chi connectivity index (χ1) is 5.94. The third kappa shape index (κ3) is 4.23. The lowest BCUT2D eigenvalue weighted by Gasteiger charge is -2.09. The monoisotopic (exact) mass is 208 g/mol. The molecule has 0 bridgehead atoms. The van der Waals surface area contributed by atoms with Crippen LogP contribution in [0.3, 0.4) is 0 Å². The molecular formula is C7H14NO4S. The lowest BCUT2D eigenvalue weighted by molar-refractivity contribution is -0.121. The molecule has 2 N–H and O–H groups in total. The fourth-order valence-corrected chi connectivity index (χ4v) is 1.48. The van der Waals surface area contributed by atoms with Gasteiger partial charge in [0.05, 0.1) is 6.42 Å². The van der Waals surface area contributed by atoms with Crippen molar-refractivity contribution < 1.29 is 18.3 Å². The van der Waals surface area contributed by atoms with Gasteiger partial charge < -0.3 is 10.4 Å². The van der Waals surface area contributed by atoms with Crippen LogP contribution in [0.1, 0.15) is 13.3 Å². The maximum absolute atomic E-state index is 11.0. The molecule has 0 rings (SSSR count). The first-order valence-corrected chi connectivity index (χ1v) is 5.61. The molecule has 13 heavy (non-hydrogen) atoms. The van der Waals surface area contributed by atoms with Crippen molar-refractivity contribution in [1.29, 1.82) is 0 Å². The van der Waals surface area contributed by atoms with Gasteiger partial charge >= 0.3 is 0 Å². The number of nitrogens with one attached hydrogen (secondary N) is 1. The number of rotatable bonds is 5. The van der Waals surface area contributed by atoms with Crippen LogP contribution in [0, 0.1) is 6.92 Å². The molecule has 1 unspecified atom stereocenters. The summed E-state index contributed by atoms with van der Waals surface area (Å²) in [5, 5.41) is 11.4. The van der Waals surface area contributed by atoms with Crippen molar-refractivity contribution in [3.63, 3.8) is 0 Å². The highest BCUT2D eigenvalue weighted by molar-refractivity contribution is 7.91. The van der Waals surface area contributed by atoms with E-state index in [4.69, 9.17) is 5.11 Å². The van der Waals surface area contributed by atoms with Gasteiger partial charge in [-0.1, -0.05) is 6.92 Å². The SMILES string of the molecule is [CH2]CNC(=O)CC(O)S(=O)(=O)CC. The number of aliphatic hydroxyl groups is 1. The molecule has 0 aromatic heterocycles. The van der Waals surface area contributed by atoms with E-state index < -0.39 is 27.6 Å². The minimum atomic E-state index is -3.54. The Morgan fingerprint density at radius 2 is 2.15 bits per heavy atom. The summed E-state index contributed by atoms with van der Waals surface area (Å²) in [4.78, 5) is 10.8. The number of hydrogen-bond donors (Lipinski definition) is 2. The zero-order chi connectivity index (χ0) is 10.5. The molecule has 0 aromatic carbocycles. The second-order valence-electron chi connectivity index (χ2n) is 2.46. The molecule has 5 nitrogen and oxygen atoms in total. The molecule has 0 spiro atoms. The van der Waals surface area contributed by atoms with Gasteiger partial charge in [-0.25, -0.2) is 8.42 Å². The Hall–Kier alpha value is -0.620. The summed E-state index contributed by atoms with van der Waals surface area (Å²) >= 11 is 0. The average Bonchev–Trinajstić information content (AvgIpc) is 2.04. The van der Waals surface area contributed by atoms with Crippen molar-refractivity contribution in [2.45, 2.75) is 18.8 Å². The predicted octanol–water partition coefficient (Wildman–Crippen LogP) is -0.920. The predicted molar refractivity (Wildman–Crippen MR) is 48.5 cm³/mol. The van der Waals surface area contributed by atoms with E-state index >= 15 is 0 Å². The molecule has 0 saturated carbocycles. The van der Waals surface area contributed by atoms with Crippen LogP contribution >= 0.6 is 0 Å². The molecule has 0 aliphatic rings. The average molecular weight is 208 g/mol. The van der Waals surface area contributed by atoms with E-state index in [2.05, 4.69) is 12.2 Å². The highest BCUT2D eigenvalue weighted by Gasteiger charge is 2.23. The summed E-state index contributed by atoms with van der Waals surface area (Å²) < 4.78 is 22.0. The van der Waals surface area contributed by atoms with Gasteiger partial charge in [-0.05, 0) is 6.92 Å². The van der Waals surface area contributed by atoms with Gasteiger partial charge in [0.15, 0.2) is 15.3 Å². The number of carbonyl (C=O) groups is 1. The van der Waals surface area contributed by atoms with Crippen LogP contribution < -0.4 is 5.32 Å². The van der Waals surface area contributed by atoms with Crippen LogP contribution in [0.5, 0.6) is 0 Å². The number of aliphatic hydroxyl groups excluding tert-OH is 1. The van der Waals surface area contributed by atoms with Crippen molar-refractivity contribution in [1.82, 2.24) is 5.32 Å². The first-order valence-electron chi connectivity index (χ1n) is 3.89. The van der Waals surface area contributed by atoms with Crippen molar-refractivity contribution >= 4 is 15.7 Å². The largest absolute Gasteiger partial charge is 0.377 e. The fourth-order valence-electron chi connectivity index (χ4n) is 0.690. The van der Waals surface area contributed by atoms with E-state index in [0.717, 1.165) is 0 Å². The smallest absolute Gasteiger partial charge is 0.223 e. The topological polar surface area (TPSA) is 83.5 Å². The Bertz CT molecular complexity index is 260. The van der Waals surface area contributed by atoms with Crippen molar-refractivity contribution in [2.24, 2.45) is 0 Å². The second kappa shape index (κ2) is 5.18. The van der Waals surface area contributed by atoms with E-state index in [1.54, 1.807) is 0 Å². The lowest BCUT2D eigenvalue weighted by atomic mass is 10.4. The number of amides is 1. The van der Waals surface area contributed by atoms with Crippen LogP contribution in [0.15, 0.2) is 0 Å². The second-order valence-corrected chi connectivity index (χ2v) is 4.91. The van der Waals surface area contributed by atoms with Gasteiger partial charge in [-0.3, -0.25) is 4.79 Å². The van der Waals surface area contributed by atoms with E-state index in [1.807, 2.05) is 0 Å². The summed E-state index contributed by atoms with van der Waals surface area (Å²) in [5.74, 6) is -0.689. The minimum Gasteiger partial charge on any atom is -0.377 e. The summed E-state index contributed by atoms with van der Waals surface area (Å²) in [6.07, 6.45) is -0.425. The normalized spacial score (nSPS) is 13.8. The molecule has 6 heteroatoms.